The third-order valence-electron chi connectivity index (χ3n) is 2.68. The monoisotopic (exact) mass is 508 g/mol. The van der Waals surface area contributed by atoms with Crippen molar-refractivity contribution >= 4 is 71.7 Å². The molecular weight excluding hydrogens is 499 g/mol. The lowest BCUT2D eigenvalue weighted by Gasteiger charge is -2.12. The highest BCUT2D eigenvalue weighted by Gasteiger charge is 2.14. The highest BCUT2D eigenvalue weighted by atomic mass is 127. The summed E-state index contributed by atoms with van der Waals surface area (Å²) in [5, 5.41) is 2.85. The van der Waals surface area contributed by atoms with Gasteiger partial charge in [-0.25, -0.2) is 0 Å². The summed E-state index contributed by atoms with van der Waals surface area (Å²) in [6, 6.07) is 9.31. The Kier molecular flexibility index (Phi) is 5.09. The van der Waals surface area contributed by atoms with Crippen molar-refractivity contribution in [2.45, 2.75) is 6.92 Å². The predicted octanol–water partition coefficient (Wildman–Crippen LogP) is 4.96. The topological polar surface area (TPSA) is 55.1 Å². The van der Waals surface area contributed by atoms with Gasteiger partial charge in [0.25, 0.3) is 5.91 Å². The molecule has 2 rings (SSSR count). The van der Waals surface area contributed by atoms with Crippen LogP contribution in [0.3, 0.4) is 0 Å². The quantitative estimate of drug-likeness (QED) is 0.444. The van der Waals surface area contributed by atoms with Crippen LogP contribution in [0.4, 0.5) is 11.4 Å². The highest BCUT2D eigenvalue weighted by molar-refractivity contribution is 14.1. The summed E-state index contributed by atoms with van der Waals surface area (Å²) in [6.07, 6.45) is 0. The molecule has 1 amide bonds. The number of rotatable bonds is 2. The van der Waals surface area contributed by atoms with Crippen molar-refractivity contribution in [3.05, 3.63) is 54.0 Å². The number of carbonyl (C=O) groups is 1. The SMILES string of the molecule is Cc1cc(N)c(NC(=O)c2cc(Br)ccc2I)c(Br)c1. The van der Waals surface area contributed by atoms with Crippen LogP contribution in [0.15, 0.2) is 39.3 Å². The molecular formula is C14H11Br2IN2O. The number of aryl methyl sites for hydroxylation is 1. The number of halogens is 3. The van der Waals surface area contributed by atoms with E-state index < -0.39 is 0 Å². The summed E-state index contributed by atoms with van der Waals surface area (Å²) >= 11 is 8.93. The van der Waals surface area contributed by atoms with Crippen molar-refractivity contribution in [3.63, 3.8) is 0 Å². The molecule has 0 radical (unpaired) electrons. The summed E-state index contributed by atoms with van der Waals surface area (Å²) in [4.78, 5) is 12.4. The molecule has 0 aliphatic rings. The Labute approximate surface area is 147 Å². The maximum absolute atomic E-state index is 12.4. The zero-order valence-electron chi connectivity index (χ0n) is 10.5. The highest BCUT2D eigenvalue weighted by Crippen LogP contribution is 2.31. The van der Waals surface area contributed by atoms with E-state index >= 15 is 0 Å². The van der Waals surface area contributed by atoms with Gasteiger partial charge in [-0.15, -0.1) is 0 Å². The van der Waals surface area contributed by atoms with Crippen molar-refractivity contribution in [1.29, 1.82) is 0 Å². The molecule has 0 heterocycles. The molecule has 0 aromatic heterocycles. The number of benzene rings is 2. The lowest BCUT2D eigenvalue weighted by atomic mass is 10.1. The van der Waals surface area contributed by atoms with Crippen LogP contribution in [0, 0.1) is 10.5 Å². The molecule has 2 aromatic carbocycles. The normalized spacial score (nSPS) is 10.4. The fourth-order valence-corrected chi connectivity index (χ4v) is 3.38. The van der Waals surface area contributed by atoms with Crippen LogP contribution in [0.2, 0.25) is 0 Å². The number of anilines is 2. The molecule has 0 unspecified atom stereocenters. The molecule has 6 heteroatoms. The fraction of sp³-hybridized carbons (Fsp3) is 0.0714. The van der Waals surface area contributed by atoms with E-state index in [1.807, 2.05) is 31.2 Å². The second-order valence-electron chi connectivity index (χ2n) is 4.29. The molecule has 0 fully saturated rings. The van der Waals surface area contributed by atoms with Gasteiger partial charge in [0.05, 0.1) is 16.9 Å². The minimum Gasteiger partial charge on any atom is -0.397 e. The number of carbonyl (C=O) groups excluding carboxylic acids is 1. The number of nitrogens with one attached hydrogen (secondary N) is 1. The van der Waals surface area contributed by atoms with Crippen LogP contribution < -0.4 is 11.1 Å². The van der Waals surface area contributed by atoms with Gasteiger partial charge in [0, 0.05) is 12.5 Å². The zero-order valence-corrected chi connectivity index (χ0v) is 15.8. The summed E-state index contributed by atoms with van der Waals surface area (Å²) in [6.45, 7) is 1.95. The fourth-order valence-electron chi connectivity index (χ4n) is 1.75. The number of hydrogen-bond acceptors (Lipinski definition) is 2. The Balaban J connectivity index is 2.35. The number of nitrogens with two attached hydrogens (primary N) is 1. The first-order valence-corrected chi connectivity index (χ1v) is 8.37. The van der Waals surface area contributed by atoms with E-state index in [1.165, 1.54) is 0 Å². The second kappa shape index (κ2) is 6.44. The summed E-state index contributed by atoms with van der Waals surface area (Å²) < 4.78 is 2.51. The molecule has 0 atom stereocenters. The summed E-state index contributed by atoms with van der Waals surface area (Å²) in [5.41, 5.74) is 8.73. The van der Waals surface area contributed by atoms with Gasteiger partial charge in [0.2, 0.25) is 0 Å². The van der Waals surface area contributed by atoms with E-state index in [0.29, 0.717) is 16.9 Å². The van der Waals surface area contributed by atoms with Gasteiger partial charge < -0.3 is 11.1 Å². The number of amides is 1. The van der Waals surface area contributed by atoms with Crippen LogP contribution >= 0.6 is 54.5 Å². The second-order valence-corrected chi connectivity index (χ2v) is 7.22. The van der Waals surface area contributed by atoms with E-state index in [1.54, 1.807) is 6.07 Å². The molecule has 0 aliphatic carbocycles. The van der Waals surface area contributed by atoms with Crippen LogP contribution in [0.1, 0.15) is 15.9 Å². The Morgan fingerprint density at radius 2 is 1.95 bits per heavy atom. The summed E-state index contributed by atoms with van der Waals surface area (Å²) in [7, 11) is 0. The van der Waals surface area contributed by atoms with E-state index in [4.69, 9.17) is 5.73 Å². The first kappa shape index (κ1) is 15.8. The third kappa shape index (κ3) is 3.53. The largest absolute Gasteiger partial charge is 0.397 e. The Morgan fingerprint density at radius 1 is 1.25 bits per heavy atom. The standard InChI is InChI=1S/C14H11Br2IN2O/c1-7-4-10(16)13(12(18)5-7)19-14(20)9-6-8(15)2-3-11(9)17/h2-6H,18H2,1H3,(H,19,20). The van der Waals surface area contributed by atoms with Crippen LogP contribution in [-0.2, 0) is 0 Å². The van der Waals surface area contributed by atoms with Crippen molar-refractivity contribution in [2.75, 3.05) is 11.1 Å². The van der Waals surface area contributed by atoms with Gasteiger partial charge in [0.15, 0.2) is 0 Å². The first-order chi connectivity index (χ1) is 9.38. The molecule has 0 aliphatic heterocycles. The smallest absolute Gasteiger partial charge is 0.256 e. The van der Waals surface area contributed by atoms with Gasteiger partial charge in [0.1, 0.15) is 0 Å². The minimum atomic E-state index is -0.188. The minimum absolute atomic E-state index is 0.188. The molecule has 2 aromatic rings. The average molecular weight is 510 g/mol. The van der Waals surface area contributed by atoms with Crippen LogP contribution in [0.25, 0.3) is 0 Å². The molecule has 0 spiro atoms. The van der Waals surface area contributed by atoms with Crippen LogP contribution in [0.5, 0.6) is 0 Å². The predicted molar refractivity (Wildman–Crippen MR) is 98.1 cm³/mol. The maximum atomic E-state index is 12.4. The van der Waals surface area contributed by atoms with Gasteiger partial charge in [-0.2, -0.15) is 0 Å². The zero-order chi connectivity index (χ0) is 14.9. The summed E-state index contributed by atoms with van der Waals surface area (Å²) in [5.74, 6) is -0.188. The van der Waals surface area contributed by atoms with E-state index in [9.17, 15) is 4.79 Å². The van der Waals surface area contributed by atoms with Gasteiger partial charge in [-0.3, -0.25) is 4.79 Å². The molecule has 0 bridgehead atoms. The first-order valence-electron chi connectivity index (χ1n) is 5.70. The Bertz CT molecular complexity index is 666. The molecule has 20 heavy (non-hydrogen) atoms. The van der Waals surface area contributed by atoms with Gasteiger partial charge in [-0.1, -0.05) is 15.9 Å². The maximum Gasteiger partial charge on any atom is 0.256 e. The van der Waals surface area contributed by atoms with E-state index in [0.717, 1.165) is 18.1 Å². The molecule has 0 saturated heterocycles. The molecule has 3 nitrogen and oxygen atoms in total. The lowest BCUT2D eigenvalue weighted by molar-refractivity contribution is 0.102. The van der Waals surface area contributed by atoms with Crippen molar-refractivity contribution < 1.29 is 4.79 Å². The third-order valence-corrected chi connectivity index (χ3v) is 4.74. The average Bonchev–Trinajstić information content (AvgIpc) is 2.36. The van der Waals surface area contributed by atoms with Crippen LogP contribution in [-0.4, -0.2) is 5.91 Å². The molecule has 0 saturated carbocycles. The molecule has 3 N–H and O–H groups in total. The van der Waals surface area contributed by atoms with Gasteiger partial charge >= 0.3 is 0 Å². The van der Waals surface area contributed by atoms with Crippen molar-refractivity contribution in [3.8, 4) is 0 Å². The Hall–Kier alpha value is -0.600. The van der Waals surface area contributed by atoms with Crippen molar-refractivity contribution in [2.24, 2.45) is 0 Å². The van der Waals surface area contributed by atoms with Gasteiger partial charge in [-0.05, 0) is 81.3 Å². The van der Waals surface area contributed by atoms with Crippen molar-refractivity contribution in [1.82, 2.24) is 0 Å². The van der Waals surface area contributed by atoms with E-state index in [2.05, 4.69) is 59.8 Å². The number of hydrogen-bond donors (Lipinski definition) is 2. The number of nitrogen functional groups attached to an aromatic ring is 1. The van der Waals surface area contributed by atoms with E-state index in [-0.39, 0.29) is 5.91 Å². The molecule has 104 valence electrons. The lowest BCUT2D eigenvalue weighted by Crippen LogP contribution is -2.15. The Morgan fingerprint density at radius 3 is 2.60 bits per heavy atom.